The average molecular weight is 595 g/mol. The predicted molar refractivity (Wildman–Crippen MR) is 158 cm³/mol. The number of nitrogens with zero attached hydrogens (tertiary/aromatic N) is 2. The summed E-state index contributed by atoms with van der Waals surface area (Å²) in [5.74, 6) is 0.203. The normalized spacial score (nSPS) is 14.7. The third-order valence-electron chi connectivity index (χ3n) is 6.24. The van der Waals surface area contributed by atoms with E-state index in [2.05, 4.69) is 9.73 Å². The number of aromatic nitrogens is 1. The van der Waals surface area contributed by atoms with Gasteiger partial charge in [0.2, 0.25) is 0 Å². The van der Waals surface area contributed by atoms with Crippen molar-refractivity contribution in [3.05, 3.63) is 84.5 Å². The largest absolute Gasteiger partial charge is 0.490 e. The van der Waals surface area contributed by atoms with E-state index in [1.54, 1.807) is 38.1 Å². The number of carbonyl (C=O) groups excluding carboxylic acids is 2. The molecule has 0 saturated heterocycles. The van der Waals surface area contributed by atoms with Crippen molar-refractivity contribution in [1.82, 2.24) is 4.57 Å². The summed E-state index contributed by atoms with van der Waals surface area (Å²) in [6.45, 7) is 9.30. The minimum atomic E-state index is -0.849. The number of hydrogen-bond donors (Lipinski definition) is 0. The quantitative estimate of drug-likeness (QED) is 0.310. The number of para-hydroxylation sites is 1. The molecular formula is C31H34N2O8S. The Morgan fingerprint density at radius 3 is 2.50 bits per heavy atom. The molecule has 10 nitrogen and oxygen atoms in total. The Kier molecular flexibility index (Phi) is 9.84. The van der Waals surface area contributed by atoms with Gasteiger partial charge in [0.25, 0.3) is 5.56 Å². The fraction of sp³-hybridized carbons (Fsp3) is 0.355. The predicted octanol–water partition coefficient (Wildman–Crippen LogP) is 3.54. The van der Waals surface area contributed by atoms with Crippen molar-refractivity contribution in [2.45, 2.75) is 46.8 Å². The maximum atomic E-state index is 14.0. The van der Waals surface area contributed by atoms with Crippen LogP contribution in [0.3, 0.4) is 0 Å². The smallest absolute Gasteiger partial charge is 0.343 e. The first-order valence-corrected chi connectivity index (χ1v) is 14.4. The molecule has 0 radical (unpaired) electrons. The van der Waals surface area contributed by atoms with Crippen molar-refractivity contribution in [2.24, 2.45) is 4.99 Å². The van der Waals surface area contributed by atoms with E-state index in [0.29, 0.717) is 44.4 Å². The molecule has 1 aliphatic heterocycles. The highest BCUT2D eigenvalue weighted by atomic mass is 32.1. The topological polar surface area (TPSA) is 115 Å². The number of carbonyl (C=O) groups is 2. The minimum Gasteiger partial charge on any atom is -0.490 e. The van der Waals surface area contributed by atoms with Crippen LogP contribution >= 0.6 is 11.3 Å². The first-order valence-electron chi connectivity index (χ1n) is 13.6. The molecule has 1 aromatic heterocycles. The number of thiazole rings is 1. The van der Waals surface area contributed by atoms with Gasteiger partial charge < -0.3 is 23.7 Å². The van der Waals surface area contributed by atoms with Crippen LogP contribution in [-0.2, 0) is 19.1 Å². The number of methoxy groups -OCH3 is 1. The molecule has 222 valence electrons. The van der Waals surface area contributed by atoms with Crippen molar-refractivity contribution in [2.75, 3.05) is 26.9 Å². The van der Waals surface area contributed by atoms with E-state index < -0.39 is 18.0 Å². The summed E-state index contributed by atoms with van der Waals surface area (Å²) in [6.07, 6.45) is 1.73. The van der Waals surface area contributed by atoms with Crippen molar-refractivity contribution in [3.63, 3.8) is 0 Å². The Balaban J connectivity index is 1.90. The van der Waals surface area contributed by atoms with Gasteiger partial charge in [-0.15, -0.1) is 0 Å². The molecule has 0 bridgehead atoms. The fourth-order valence-corrected chi connectivity index (χ4v) is 5.52. The maximum Gasteiger partial charge on any atom is 0.343 e. The van der Waals surface area contributed by atoms with E-state index in [9.17, 15) is 14.4 Å². The first-order chi connectivity index (χ1) is 20.2. The molecule has 0 N–H and O–H groups in total. The fourth-order valence-electron chi connectivity index (χ4n) is 4.49. The molecule has 42 heavy (non-hydrogen) atoms. The molecule has 11 heteroatoms. The molecule has 0 spiro atoms. The van der Waals surface area contributed by atoms with Gasteiger partial charge in [-0.3, -0.25) is 9.36 Å². The van der Waals surface area contributed by atoms with Crippen LogP contribution in [0.1, 0.15) is 51.8 Å². The summed E-state index contributed by atoms with van der Waals surface area (Å²) in [4.78, 5) is 44.0. The average Bonchev–Trinajstić information content (AvgIpc) is 3.26. The van der Waals surface area contributed by atoms with Gasteiger partial charge in [0.05, 0.1) is 48.3 Å². The van der Waals surface area contributed by atoms with E-state index in [1.807, 2.05) is 45.0 Å². The third kappa shape index (κ3) is 6.57. The van der Waals surface area contributed by atoms with Crippen LogP contribution in [0.4, 0.5) is 0 Å². The molecule has 2 heterocycles. The molecule has 0 amide bonds. The highest BCUT2D eigenvalue weighted by molar-refractivity contribution is 7.07. The van der Waals surface area contributed by atoms with Crippen molar-refractivity contribution < 1.29 is 33.3 Å². The number of rotatable bonds is 11. The van der Waals surface area contributed by atoms with Crippen LogP contribution in [0.15, 0.2) is 63.5 Å². The van der Waals surface area contributed by atoms with Gasteiger partial charge in [-0.1, -0.05) is 35.6 Å². The number of benzene rings is 2. The van der Waals surface area contributed by atoms with Crippen molar-refractivity contribution in [1.29, 1.82) is 0 Å². The SMILES string of the molecule is CCOC(=O)C1=C(C)N=c2s/c(=C/c3ccccc3OC(C)C)c(=O)n2[C@@H]1c1ccc(OCC(=O)OC)c(OCC)c1. The molecule has 0 aliphatic carbocycles. The van der Waals surface area contributed by atoms with Gasteiger partial charge in [-0.2, -0.15) is 0 Å². The van der Waals surface area contributed by atoms with Gasteiger partial charge in [0, 0.05) is 5.56 Å². The monoisotopic (exact) mass is 594 g/mol. The molecule has 2 aromatic carbocycles. The lowest BCUT2D eigenvalue weighted by molar-refractivity contribution is -0.143. The van der Waals surface area contributed by atoms with Gasteiger partial charge in [0.15, 0.2) is 22.9 Å². The Morgan fingerprint density at radius 1 is 1.05 bits per heavy atom. The molecule has 1 aliphatic rings. The number of ether oxygens (including phenoxy) is 5. The Labute approximate surface area is 247 Å². The number of fused-ring (bicyclic) bond motifs is 1. The molecule has 0 unspecified atom stereocenters. The summed E-state index contributed by atoms with van der Waals surface area (Å²) < 4.78 is 29.4. The van der Waals surface area contributed by atoms with Crippen LogP contribution in [-0.4, -0.2) is 49.5 Å². The lowest BCUT2D eigenvalue weighted by Gasteiger charge is -2.25. The van der Waals surface area contributed by atoms with E-state index >= 15 is 0 Å². The van der Waals surface area contributed by atoms with Gasteiger partial charge in [-0.05, 0) is 64.5 Å². The van der Waals surface area contributed by atoms with Crippen LogP contribution in [0.5, 0.6) is 17.2 Å². The first kappa shape index (κ1) is 30.6. The summed E-state index contributed by atoms with van der Waals surface area (Å²) in [5.41, 5.74) is 1.70. The summed E-state index contributed by atoms with van der Waals surface area (Å²) in [5, 5.41) is 0. The summed E-state index contributed by atoms with van der Waals surface area (Å²) >= 11 is 1.22. The number of hydrogen-bond acceptors (Lipinski definition) is 10. The molecule has 1 atom stereocenters. The Morgan fingerprint density at radius 2 is 1.81 bits per heavy atom. The summed E-state index contributed by atoms with van der Waals surface area (Å²) in [6, 6.07) is 11.7. The van der Waals surface area contributed by atoms with Crippen LogP contribution in [0.2, 0.25) is 0 Å². The number of allylic oxidation sites excluding steroid dienone is 1. The minimum absolute atomic E-state index is 0.0466. The zero-order chi connectivity index (χ0) is 30.4. The molecule has 0 fully saturated rings. The molecular weight excluding hydrogens is 560 g/mol. The second-order valence-corrected chi connectivity index (χ2v) is 10.5. The van der Waals surface area contributed by atoms with E-state index in [0.717, 1.165) is 5.56 Å². The van der Waals surface area contributed by atoms with Crippen LogP contribution < -0.4 is 29.1 Å². The van der Waals surface area contributed by atoms with Gasteiger partial charge >= 0.3 is 11.9 Å². The number of esters is 2. The zero-order valence-corrected chi connectivity index (χ0v) is 25.3. The lowest BCUT2D eigenvalue weighted by Crippen LogP contribution is -2.40. The molecule has 0 saturated carbocycles. The standard InChI is InChI=1S/C31H34N2O8S/c1-7-38-24-15-21(13-14-23(24)40-17-26(34)37-6)28-27(30(36)39-8-2)19(5)32-31-33(28)29(35)25(42-31)16-20-11-9-10-12-22(20)41-18(3)4/h9-16,18,28H,7-8,17H2,1-6H3/b25-16+/t28-/m1/s1. The second-order valence-electron chi connectivity index (χ2n) is 9.51. The van der Waals surface area contributed by atoms with Gasteiger partial charge in [0.1, 0.15) is 5.75 Å². The van der Waals surface area contributed by atoms with E-state index in [4.69, 9.17) is 18.9 Å². The van der Waals surface area contributed by atoms with Gasteiger partial charge in [-0.25, -0.2) is 14.6 Å². The van der Waals surface area contributed by atoms with Crippen molar-refractivity contribution >= 4 is 29.4 Å². The highest BCUT2D eigenvalue weighted by Gasteiger charge is 2.34. The maximum absolute atomic E-state index is 14.0. The zero-order valence-electron chi connectivity index (χ0n) is 24.5. The lowest BCUT2D eigenvalue weighted by atomic mass is 9.95. The van der Waals surface area contributed by atoms with Crippen LogP contribution in [0, 0.1) is 0 Å². The molecule has 4 rings (SSSR count). The Bertz CT molecular complexity index is 1690. The van der Waals surface area contributed by atoms with Crippen LogP contribution in [0.25, 0.3) is 6.08 Å². The van der Waals surface area contributed by atoms with E-state index in [1.165, 1.54) is 23.0 Å². The Hall–Kier alpha value is -4.38. The molecule has 3 aromatic rings. The van der Waals surface area contributed by atoms with Crippen molar-refractivity contribution in [3.8, 4) is 17.2 Å². The van der Waals surface area contributed by atoms with E-state index in [-0.39, 0.29) is 30.5 Å². The third-order valence-corrected chi connectivity index (χ3v) is 7.22. The second kappa shape index (κ2) is 13.5. The highest BCUT2D eigenvalue weighted by Crippen LogP contribution is 2.36. The summed E-state index contributed by atoms with van der Waals surface area (Å²) in [7, 11) is 1.27.